The molecule has 1 aliphatic heterocycles. The monoisotopic (exact) mass is 684 g/mol. The number of aromatic nitrogens is 1. The van der Waals surface area contributed by atoms with Gasteiger partial charge in [-0.2, -0.15) is 0 Å². The second kappa shape index (κ2) is 12.1. The van der Waals surface area contributed by atoms with Crippen molar-refractivity contribution in [3.8, 4) is 17.1 Å². The summed E-state index contributed by atoms with van der Waals surface area (Å²) in [6, 6.07) is 16.2. The number of esters is 1. The highest BCUT2D eigenvalue weighted by Crippen LogP contribution is 2.34. The summed E-state index contributed by atoms with van der Waals surface area (Å²) >= 11 is 8.34. The van der Waals surface area contributed by atoms with Gasteiger partial charge in [0, 0.05) is 20.6 Å². The number of ether oxygens (including phenoxy) is 2. The minimum absolute atomic E-state index is 0.214. The van der Waals surface area contributed by atoms with E-state index in [1.165, 1.54) is 11.3 Å². The SMILES string of the molecule is CCCC1=C(C(=O)OCC)[C@@H](c2cccc(OC)c2)n2c(s/c(=C/c3ccc(-c4cc(Br)ccc4Br)o3)c2=O)=N1. The van der Waals surface area contributed by atoms with Gasteiger partial charge in [0.1, 0.15) is 17.3 Å². The molecule has 1 aliphatic rings. The van der Waals surface area contributed by atoms with Crippen LogP contribution in [0.25, 0.3) is 17.4 Å². The highest BCUT2D eigenvalue weighted by molar-refractivity contribution is 9.11. The Labute approximate surface area is 251 Å². The highest BCUT2D eigenvalue weighted by atomic mass is 79.9. The van der Waals surface area contributed by atoms with E-state index >= 15 is 0 Å². The lowest BCUT2D eigenvalue weighted by atomic mass is 9.94. The van der Waals surface area contributed by atoms with Crippen molar-refractivity contribution in [3.05, 3.63) is 106 Å². The van der Waals surface area contributed by atoms with E-state index in [4.69, 9.17) is 18.9 Å². The Morgan fingerprint density at radius 2 is 1.98 bits per heavy atom. The number of furan rings is 1. The Morgan fingerprint density at radius 3 is 2.73 bits per heavy atom. The summed E-state index contributed by atoms with van der Waals surface area (Å²) in [6.07, 6.45) is 3.07. The summed E-state index contributed by atoms with van der Waals surface area (Å²) in [5.74, 6) is 1.34. The fourth-order valence-corrected chi connectivity index (χ4v) is 6.44. The Hall–Kier alpha value is -3.21. The van der Waals surface area contributed by atoms with Gasteiger partial charge in [0.05, 0.1) is 35.6 Å². The largest absolute Gasteiger partial charge is 0.497 e. The maximum atomic E-state index is 13.9. The lowest BCUT2D eigenvalue weighted by Gasteiger charge is -2.26. The standard InChI is InChI=1S/C30H26Br2N2O5S/c1-4-7-23-26(29(36)38-5-2)27(17-8-6-9-19(14-17)37-3)34-28(35)25(40-30(34)33-23)16-20-11-13-24(39-20)21-15-18(31)10-12-22(21)32/h6,8-16,27H,4-5,7H2,1-3H3/b25-16+/t27-/m1/s1. The Balaban J connectivity index is 1.68. The molecular formula is C30H26Br2N2O5S. The fraction of sp³-hybridized carbons (Fsp3) is 0.233. The zero-order chi connectivity index (χ0) is 28.4. The van der Waals surface area contributed by atoms with Crippen molar-refractivity contribution in [2.24, 2.45) is 4.99 Å². The number of hydrogen-bond donors (Lipinski definition) is 0. The van der Waals surface area contributed by atoms with Crippen LogP contribution in [0.2, 0.25) is 0 Å². The van der Waals surface area contributed by atoms with E-state index in [9.17, 15) is 9.59 Å². The predicted molar refractivity (Wildman–Crippen MR) is 162 cm³/mol. The summed E-state index contributed by atoms with van der Waals surface area (Å²) in [7, 11) is 1.58. The molecule has 0 radical (unpaired) electrons. The number of carbonyl (C=O) groups is 1. The zero-order valence-electron chi connectivity index (χ0n) is 22.1. The van der Waals surface area contributed by atoms with E-state index in [-0.39, 0.29) is 12.2 Å². The lowest BCUT2D eigenvalue weighted by molar-refractivity contribution is -0.139. The van der Waals surface area contributed by atoms with Crippen LogP contribution < -0.4 is 19.6 Å². The van der Waals surface area contributed by atoms with Gasteiger partial charge in [0.15, 0.2) is 4.80 Å². The summed E-state index contributed by atoms with van der Waals surface area (Å²) in [4.78, 5) is 32.6. The van der Waals surface area contributed by atoms with E-state index < -0.39 is 12.0 Å². The summed E-state index contributed by atoms with van der Waals surface area (Å²) < 4.78 is 20.9. The second-order valence-corrected chi connectivity index (χ2v) is 11.8. The number of hydrogen-bond acceptors (Lipinski definition) is 7. The Bertz CT molecular complexity index is 1800. The fourth-order valence-electron chi connectivity index (χ4n) is 4.64. The van der Waals surface area contributed by atoms with Crippen molar-refractivity contribution in [2.75, 3.05) is 13.7 Å². The number of fused-ring (bicyclic) bond motifs is 1. The third-order valence-corrected chi connectivity index (χ3v) is 8.56. The molecule has 0 bridgehead atoms. The molecule has 3 heterocycles. The summed E-state index contributed by atoms with van der Waals surface area (Å²) in [5, 5.41) is 0. The predicted octanol–water partition coefficient (Wildman–Crippen LogP) is 6.37. The smallest absolute Gasteiger partial charge is 0.338 e. The molecule has 0 N–H and O–H groups in total. The summed E-state index contributed by atoms with van der Waals surface area (Å²) in [5.41, 5.74) is 2.35. The number of thiazole rings is 1. The molecule has 7 nitrogen and oxygen atoms in total. The highest BCUT2D eigenvalue weighted by Gasteiger charge is 2.34. The van der Waals surface area contributed by atoms with Crippen LogP contribution in [0, 0.1) is 0 Å². The number of nitrogens with zero attached hydrogens (tertiary/aromatic N) is 2. The Kier molecular flexibility index (Phi) is 8.58. The van der Waals surface area contributed by atoms with Crippen molar-refractivity contribution in [1.29, 1.82) is 0 Å². The van der Waals surface area contributed by atoms with Crippen molar-refractivity contribution >= 4 is 55.2 Å². The first-order valence-corrected chi connectivity index (χ1v) is 15.2. The molecule has 0 amide bonds. The van der Waals surface area contributed by atoms with Gasteiger partial charge in [0.25, 0.3) is 5.56 Å². The van der Waals surface area contributed by atoms with Crippen LogP contribution in [-0.2, 0) is 9.53 Å². The van der Waals surface area contributed by atoms with Crippen molar-refractivity contribution in [1.82, 2.24) is 4.57 Å². The van der Waals surface area contributed by atoms with Crippen molar-refractivity contribution < 1.29 is 18.7 Å². The van der Waals surface area contributed by atoms with Gasteiger partial charge in [-0.25, -0.2) is 9.79 Å². The first-order chi connectivity index (χ1) is 19.3. The molecule has 0 saturated heterocycles. The number of benzene rings is 2. The maximum absolute atomic E-state index is 13.9. The third-order valence-electron chi connectivity index (χ3n) is 6.40. The average molecular weight is 686 g/mol. The van der Waals surface area contributed by atoms with Gasteiger partial charge in [-0.05, 0) is 61.4 Å². The van der Waals surface area contributed by atoms with E-state index in [1.807, 2.05) is 61.5 Å². The van der Waals surface area contributed by atoms with Crippen LogP contribution in [0.1, 0.15) is 44.1 Å². The van der Waals surface area contributed by atoms with Gasteiger partial charge < -0.3 is 13.9 Å². The van der Waals surface area contributed by atoms with Crippen LogP contribution in [-0.4, -0.2) is 24.3 Å². The van der Waals surface area contributed by atoms with Gasteiger partial charge in [-0.1, -0.05) is 68.7 Å². The van der Waals surface area contributed by atoms with Crippen molar-refractivity contribution in [3.63, 3.8) is 0 Å². The molecule has 0 spiro atoms. The minimum atomic E-state index is -0.709. The van der Waals surface area contributed by atoms with Crippen LogP contribution in [0.15, 0.2) is 89.0 Å². The van der Waals surface area contributed by atoms with Gasteiger partial charge in [-0.3, -0.25) is 9.36 Å². The Morgan fingerprint density at radius 1 is 1.15 bits per heavy atom. The van der Waals surface area contributed by atoms with E-state index in [2.05, 4.69) is 31.9 Å². The molecule has 4 aromatic rings. The molecule has 0 fully saturated rings. The minimum Gasteiger partial charge on any atom is -0.497 e. The third kappa shape index (κ3) is 5.53. The molecule has 1 atom stereocenters. The lowest BCUT2D eigenvalue weighted by Crippen LogP contribution is -2.40. The number of methoxy groups -OCH3 is 1. The number of rotatable bonds is 8. The molecule has 206 valence electrons. The van der Waals surface area contributed by atoms with E-state index in [1.54, 1.807) is 24.7 Å². The van der Waals surface area contributed by atoms with Gasteiger partial charge >= 0.3 is 5.97 Å². The van der Waals surface area contributed by atoms with Crippen LogP contribution in [0.3, 0.4) is 0 Å². The van der Waals surface area contributed by atoms with Crippen LogP contribution in [0.5, 0.6) is 5.75 Å². The number of halogens is 2. The average Bonchev–Trinajstić information content (AvgIpc) is 3.53. The van der Waals surface area contributed by atoms with Crippen molar-refractivity contribution in [2.45, 2.75) is 32.7 Å². The summed E-state index contributed by atoms with van der Waals surface area (Å²) in [6.45, 7) is 4.00. The molecule has 10 heteroatoms. The normalized spacial score (nSPS) is 15.1. The molecule has 0 saturated carbocycles. The molecule has 2 aromatic heterocycles. The number of carbonyl (C=O) groups excluding carboxylic acids is 1. The number of allylic oxidation sites excluding steroid dienone is 1. The first kappa shape index (κ1) is 28.3. The maximum Gasteiger partial charge on any atom is 0.338 e. The first-order valence-electron chi connectivity index (χ1n) is 12.8. The molecule has 2 aromatic carbocycles. The molecular weight excluding hydrogens is 660 g/mol. The van der Waals surface area contributed by atoms with E-state index in [0.29, 0.717) is 44.3 Å². The molecule has 0 aliphatic carbocycles. The molecule has 40 heavy (non-hydrogen) atoms. The topological polar surface area (TPSA) is 83.0 Å². The zero-order valence-corrected chi connectivity index (χ0v) is 26.1. The quantitative estimate of drug-likeness (QED) is 0.201. The second-order valence-electron chi connectivity index (χ2n) is 9.02. The van der Waals surface area contributed by atoms with Gasteiger partial charge in [0.2, 0.25) is 0 Å². The van der Waals surface area contributed by atoms with Gasteiger partial charge in [-0.15, -0.1) is 0 Å². The van der Waals surface area contributed by atoms with Crippen LogP contribution >= 0.6 is 43.2 Å². The molecule has 0 unspecified atom stereocenters. The van der Waals surface area contributed by atoms with Crippen LogP contribution in [0.4, 0.5) is 0 Å². The molecule has 5 rings (SSSR count). The van der Waals surface area contributed by atoms with E-state index in [0.717, 1.165) is 26.5 Å².